The average molecular weight is 392 g/mol. The quantitative estimate of drug-likeness (QED) is 0.700. The molecule has 0 saturated heterocycles. The van der Waals surface area contributed by atoms with Crippen molar-refractivity contribution in [2.75, 3.05) is 0 Å². The highest BCUT2D eigenvalue weighted by Gasteiger charge is 2.15. The van der Waals surface area contributed by atoms with Crippen LogP contribution in [0.15, 0.2) is 59.2 Å². The van der Waals surface area contributed by atoms with Crippen LogP contribution in [0.3, 0.4) is 0 Å². The van der Waals surface area contributed by atoms with Gasteiger partial charge in [-0.1, -0.05) is 57.9 Å². The number of hydrogen-bond donors (Lipinski definition) is 1. The molecule has 1 aromatic heterocycles. The monoisotopic (exact) mass is 390 g/mol. The van der Waals surface area contributed by atoms with Crippen LogP contribution in [0, 0.1) is 0 Å². The normalized spacial score (nSPS) is 10.7. The highest BCUT2D eigenvalue weighted by atomic mass is 79.9. The smallest absolute Gasteiger partial charge is 0.356 e. The van der Waals surface area contributed by atoms with Gasteiger partial charge in [-0.2, -0.15) is 0 Å². The highest BCUT2D eigenvalue weighted by Crippen LogP contribution is 2.24. The van der Waals surface area contributed by atoms with Crippen molar-refractivity contribution in [1.29, 1.82) is 0 Å². The molecule has 3 rings (SSSR count). The Kier molecular flexibility index (Phi) is 4.50. The third-order valence-electron chi connectivity index (χ3n) is 3.40. The molecule has 1 N–H and O–H groups in total. The van der Waals surface area contributed by atoms with Gasteiger partial charge in [0, 0.05) is 21.3 Å². The first-order valence-electron chi connectivity index (χ1n) is 6.84. The number of carboxylic acids is 1. The molecule has 0 fully saturated rings. The van der Waals surface area contributed by atoms with Crippen molar-refractivity contribution in [2.45, 2.75) is 6.54 Å². The second kappa shape index (κ2) is 6.56. The molecule has 2 aromatic carbocycles. The first kappa shape index (κ1) is 15.8. The predicted molar refractivity (Wildman–Crippen MR) is 92.9 cm³/mol. The fraction of sp³-hybridized carbons (Fsp3) is 0.0588. The summed E-state index contributed by atoms with van der Waals surface area (Å²) in [6.07, 6.45) is 1.53. The number of benzene rings is 2. The number of hydrogen-bond acceptors (Lipinski definition) is 2. The van der Waals surface area contributed by atoms with Crippen LogP contribution in [0.5, 0.6) is 0 Å². The van der Waals surface area contributed by atoms with Gasteiger partial charge in [0.1, 0.15) is 5.82 Å². The van der Waals surface area contributed by atoms with E-state index in [1.165, 1.54) is 6.20 Å². The lowest BCUT2D eigenvalue weighted by atomic mass is 10.2. The van der Waals surface area contributed by atoms with Gasteiger partial charge in [-0.05, 0) is 23.8 Å². The molecular formula is C17H12BrClN2O2. The molecular weight excluding hydrogens is 380 g/mol. The molecule has 3 aromatic rings. The van der Waals surface area contributed by atoms with Gasteiger partial charge >= 0.3 is 5.97 Å². The Morgan fingerprint density at radius 2 is 1.87 bits per heavy atom. The summed E-state index contributed by atoms with van der Waals surface area (Å²) in [6, 6.07) is 15.0. The van der Waals surface area contributed by atoms with Crippen molar-refractivity contribution in [3.63, 3.8) is 0 Å². The number of rotatable bonds is 4. The second-order valence-corrected chi connectivity index (χ2v) is 6.30. The van der Waals surface area contributed by atoms with E-state index in [9.17, 15) is 9.90 Å². The number of halogens is 2. The van der Waals surface area contributed by atoms with Crippen molar-refractivity contribution >= 4 is 33.5 Å². The van der Waals surface area contributed by atoms with Gasteiger partial charge in [0.25, 0.3) is 0 Å². The lowest BCUT2D eigenvalue weighted by Gasteiger charge is -2.09. The number of imidazole rings is 1. The summed E-state index contributed by atoms with van der Waals surface area (Å²) in [6.45, 7) is 0.450. The van der Waals surface area contributed by atoms with Gasteiger partial charge in [0.2, 0.25) is 0 Å². The van der Waals surface area contributed by atoms with Crippen LogP contribution < -0.4 is 0 Å². The fourth-order valence-electron chi connectivity index (χ4n) is 2.28. The molecule has 0 aliphatic heterocycles. The number of aromatic carboxylic acids is 1. The molecule has 0 aliphatic carbocycles. The Morgan fingerprint density at radius 3 is 2.52 bits per heavy atom. The Hall–Kier alpha value is -2.11. The van der Waals surface area contributed by atoms with Crippen LogP contribution in [0.2, 0.25) is 5.02 Å². The fourth-order valence-corrected chi connectivity index (χ4v) is 2.74. The van der Waals surface area contributed by atoms with E-state index < -0.39 is 5.97 Å². The molecule has 0 amide bonds. The molecule has 0 radical (unpaired) electrons. The standard InChI is InChI=1S/C17H12BrClN2O2/c18-13-7-5-11(6-8-13)16-20-15(17(22)23)10-21(16)9-12-3-1-2-4-14(12)19/h1-8,10H,9H2,(H,22,23). The Labute approximate surface area is 146 Å². The lowest BCUT2D eigenvalue weighted by molar-refractivity contribution is 0.0691. The zero-order valence-electron chi connectivity index (χ0n) is 11.9. The minimum Gasteiger partial charge on any atom is -0.476 e. The predicted octanol–water partition coefficient (Wildman–Crippen LogP) is 4.71. The van der Waals surface area contributed by atoms with Crippen molar-refractivity contribution in [1.82, 2.24) is 9.55 Å². The SMILES string of the molecule is O=C(O)c1cn(Cc2ccccc2Cl)c(-c2ccc(Br)cc2)n1. The van der Waals surface area contributed by atoms with Crippen LogP contribution in [0.25, 0.3) is 11.4 Å². The summed E-state index contributed by atoms with van der Waals surface area (Å²) in [5.41, 5.74) is 1.75. The van der Waals surface area contributed by atoms with Crippen LogP contribution in [-0.2, 0) is 6.54 Å². The molecule has 0 unspecified atom stereocenters. The molecule has 116 valence electrons. The molecule has 0 spiro atoms. The molecule has 0 atom stereocenters. The largest absolute Gasteiger partial charge is 0.476 e. The summed E-state index contributed by atoms with van der Waals surface area (Å²) in [5, 5.41) is 9.86. The Bertz CT molecular complexity index is 859. The van der Waals surface area contributed by atoms with Crippen LogP contribution in [-0.4, -0.2) is 20.6 Å². The molecule has 4 nitrogen and oxygen atoms in total. The summed E-state index contributed by atoms with van der Waals surface area (Å²) >= 11 is 9.60. The van der Waals surface area contributed by atoms with Gasteiger partial charge in [0.15, 0.2) is 5.69 Å². The van der Waals surface area contributed by atoms with E-state index in [0.29, 0.717) is 17.4 Å². The molecule has 6 heteroatoms. The van der Waals surface area contributed by atoms with Crippen LogP contribution >= 0.6 is 27.5 Å². The lowest BCUT2D eigenvalue weighted by Crippen LogP contribution is -2.01. The minimum atomic E-state index is -1.05. The van der Waals surface area contributed by atoms with E-state index in [-0.39, 0.29) is 5.69 Å². The van der Waals surface area contributed by atoms with E-state index in [2.05, 4.69) is 20.9 Å². The van der Waals surface area contributed by atoms with Crippen LogP contribution in [0.4, 0.5) is 0 Å². The Balaban J connectivity index is 2.06. The van der Waals surface area contributed by atoms with Crippen molar-refractivity contribution in [3.8, 4) is 11.4 Å². The van der Waals surface area contributed by atoms with Crippen molar-refractivity contribution in [2.24, 2.45) is 0 Å². The summed E-state index contributed by atoms with van der Waals surface area (Å²) in [4.78, 5) is 15.5. The number of carboxylic acid groups (broad SMARTS) is 1. The topological polar surface area (TPSA) is 55.1 Å². The Morgan fingerprint density at radius 1 is 1.17 bits per heavy atom. The summed E-state index contributed by atoms with van der Waals surface area (Å²) in [7, 11) is 0. The maximum Gasteiger partial charge on any atom is 0.356 e. The number of carbonyl (C=O) groups is 1. The first-order chi connectivity index (χ1) is 11.0. The van der Waals surface area contributed by atoms with Crippen LogP contribution in [0.1, 0.15) is 16.1 Å². The average Bonchev–Trinajstić information content (AvgIpc) is 2.95. The highest BCUT2D eigenvalue weighted by molar-refractivity contribution is 9.10. The van der Waals surface area contributed by atoms with Crippen molar-refractivity contribution in [3.05, 3.63) is 75.5 Å². The van der Waals surface area contributed by atoms with Crippen molar-refractivity contribution < 1.29 is 9.90 Å². The molecule has 0 aliphatic rings. The van der Waals surface area contributed by atoms with E-state index in [1.807, 2.05) is 48.5 Å². The summed E-state index contributed by atoms with van der Waals surface area (Å²) < 4.78 is 2.75. The molecule has 23 heavy (non-hydrogen) atoms. The van der Waals surface area contributed by atoms with E-state index in [4.69, 9.17) is 11.6 Å². The van der Waals surface area contributed by atoms with E-state index in [0.717, 1.165) is 15.6 Å². The zero-order valence-corrected chi connectivity index (χ0v) is 14.3. The van der Waals surface area contributed by atoms with E-state index >= 15 is 0 Å². The third-order valence-corrected chi connectivity index (χ3v) is 4.29. The molecule has 0 bridgehead atoms. The van der Waals surface area contributed by atoms with Gasteiger partial charge in [-0.3, -0.25) is 0 Å². The van der Waals surface area contributed by atoms with Gasteiger partial charge < -0.3 is 9.67 Å². The third kappa shape index (κ3) is 3.46. The van der Waals surface area contributed by atoms with E-state index in [1.54, 1.807) is 4.57 Å². The first-order valence-corrected chi connectivity index (χ1v) is 8.01. The van der Waals surface area contributed by atoms with Gasteiger partial charge in [0.05, 0.1) is 6.54 Å². The maximum absolute atomic E-state index is 11.3. The summed E-state index contributed by atoms with van der Waals surface area (Å²) in [5.74, 6) is -0.462. The maximum atomic E-state index is 11.3. The van der Waals surface area contributed by atoms with Gasteiger partial charge in [-0.25, -0.2) is 9.78 Å². The minimum absolute atomic E-state index is 0.00923. The molecule has 0 saturated carbocycles. The number of nitrogens with zero attached hydrogens (tertiary/aromatic N) is 2. The van der Waals surface area contributed by atoms with Gasteiger partial charge in [-0.15, -0.1) is 0 Å². The second-order valence-electron chi connectivity index (χ2n) is 4.98. The molecule has 1 heterocycles. The number of aromatic nitrogens is 2. The zero-order chi connectivity index (χ0) is 16.4.